The first kappa shape index (κ1) is 14.2. The van der Waals surface area contributed by atoms with Gasteiger partial charge in [-0.1, -0.05) is 6.07 Å². The van der Waals surface area contributed by atoms with E-state index in [1.54, 1.807) is 14.2 Å². The van der Waals surface area contributed by atoms with Gasteiger partial charge in [-0.2, -0.15) is 0 Å². The van der Waals surface area contributed by atoms with Crippen molar-refractivity contribution in [1.29, 1.82) is 0 Å². The quantitative estimate of drug-likeness (QED) is 0.848. The molecule has 1 saturated heterocycles. The van der Waals surface area contributed by atoms with Crippen LogP contribution >= 0.6 is 0 Å². The van der Waals surface area contributed by atoms with Crippen LogP contribution < -0.4 is 14.8 Å². The van der Waals surface area contributed by atoms with Crippen LogP contribution in [0, 0.1) is 5.92 Å². The number of nitrogens with one attached hydrogen (secondary N) is 1. The molecule has 0 bridgehead atoms. The molecule has 2 rings (SSSR count). The fourth-order valence-electron chi connectivity index (χ4n) is 2.65. The smallest absolute Gasteiger partial charge is 0.127 e. The molecule has 1 aromatic carbocycles. The van der Waals surface area contributed by atoms with Crippen molar-refractivity contribution in [2.24, 2.45) is 5.92 Å². The topological polar surface area (TPSA) is 33.7 Å². The first-order valence-corrected chi connectivity index (χ1v) is 6.83. The van der Waals surface area contributed by atoms with Crippen LogP contribution in [-0.4, -0.2) is 45.8 Å². The monoisotopic (exact) mass is 264 g/mol. The lowest BCUT2D eigenvalue weighted by Crippen LogP contribution is -2.26. The minimum atomic E-state index is 0.772. The molecule has 4 heteroatoms. The zero-order valence-electron chi connectivity index (χ0n) is 12.1. The highest BCUT2D eigenvalue weighted by molar-refractivity contribution is 5.40. The summed E-state index contributed by atoms with van der Waals surface area (Å²) >= 11 is 0. The molecule has 1 N–H and O–H groups in total. The van der Waals surface area contributed by atoms with Crippen LogP contribution in [0.5, 0.6) is 11.5 Å². The summed E-state index contributed by atoms with van der Waals surface area (Å²) in [5.41, 5.74) is 1.21. The lowest BCUT2D eigenvalue weighted by molar-refractivity contribution is 0.273. The van der Waals surface area contributed by atoms with E-state index in [1.807, 2.05) is 12.1 Å². The second-order valence-corrected chi connectivity index (χ2v) is 5.23. The number of nitrogens with zero attached hydrogens (tertiary/aromatic N) is 1. The van der Waals surface area contributed by atoms with E-state index >= 15 is 0 Å². The molecule has 106 valence electrons. The molecule has 1 unspecified atom stereocenters. The lowest BCUT2D eigenvalue weighted by atomic mass is 10.1. The minimum absolute atomic E-state index is 0.772. The zero-order chi connectivity index (χ0) is 13.7. The maximum Gasteiger partial charge on any atom is 0.127 e. The number of benzene rings is 1. The number of methoxy groups -OCH3 is 2. The Morgan fingerprint density at radius 1 is 1.32 bits per heavy atom. The fraction of sp³-hybridized carbons (Fsp3) is 0.600. The Morgan fingerprint density at radius 2 is 2.16 bits per heavy atom. The average Bonchev–Trinajstić information content (AvgIpc) is 2.91. The van der Waals surface area contributed by atoms with Crippen LogP contribution in [0.15, 0.2) is 18.2 Å². The van der Waals surface area contributed by atoms with Crippen molar-refractivity contribution in [2.45, 2.75) is 13.0 Å². The van der Waals surface area contributed by atoms with Crippen molar-refractivity contribution >= 4 is 0 Å². The molecule has 19 heavy (non-hydrogen) atoms. The van der Waals surface area contributed by atoms with Gasteiger partial charge in [0.1, 0.15) is 11.5 Å². The predicted octanol–water partition coefficient (Wildman–Crippen LogP) is 1.75. The summed E-state index contributed by atoms with van der Waals surface area (Å²) in [6.07, 6.45) is 1.28. The molecule has 0 amide bonds. The molecule has 0 saturated carbocycles. The molecular weight excluding hydrogens is 240 g/mol. The number of rotatable bonds is 6. The van der Waals surface area contributed by atoms with Gasteiger partial charge >= 0.3 is 0 Å². The first-order chi connectivity index (χ1) is 9.22. The highest BCUT2D eigenvalue weighted by Crippen LogP contribution is 2.25. The molecule has 1 fully saturated rings. The largest absolute Gasteiger partial charge is 0.497 e. The summed E-state index contributed by atoms with van der Waals surface area (Å²) in [6.45, 7) is 4.33. The molecule has 1 aromatic rings. The van der Waals surface area contributed by atoms with Crippen molar-refractivity contribution < 1.29 is 9.47 Å². The van der Waals surface area contributed by atoms with E-state index < -0.39 is 0 Å². The van der Waals surface area contributed by atoms with E-state index in [4.69, 9.17) is 9.47 Å². The number of ether oxygens (including phenoxy) is 2. The second kappa shape index (κ2) is 6.78. The van der Waals surface area contributed by atoms with Gasteiger partial charge in [0.25, 0.3) is 0 Å². The van der Waals surface area contributed by atoms with Gasteiger partial charge < -0.3 is 19.7 Å². The van der Waals surface area contributed by atoms with E-state index in [9.17, 15) is 0 Å². The maximum atomic E-state index is 5.44. The van der Waals surface area contributed by atoms with Crippen LogP contribution in [0.1, 0.15) is 12.0 Å². The van der Waals surface area contributed by atoms with Crippen molar-refractivity contribution in [2.75, 3.05) is 40.9 Å². The van der Waals surface area contributed by atoms with Crippen molar-refractivity contribution in [1.82, 2.24) is 10.2 Å². The standard InChI is InChI=1S/C15H24N2O2/c1-17(10-12-6-7-16-9-12)11-13-4-5-14(18-2)8-15(13)19-3/h4-5,8,12,16H,6-7,9-11H2,1-3H3. The SMILES string of the molecule is COc1ccc(CN(C)CC2CCNC2)c(OC)c1. The average molecular weight is 264 g/mol. The third kappa shape index (κ3) is 3.85. The summed E-state index contributed by atoms with van der Waals surface area (Å²) in [5, 5.41) is 3.41. The molecule has 0 spiro atoms. The summed E-state index contributed by atoms with van der Waals surface area (Å²) < 4.78 is 10.7. The fourth-order valence-corrected chi connectivity index (χ4v) is 2.65. The summed E-state index contributed by atoms with van der Waals surface area (Å²) in [6, 6.07) is 6.02. The third-order valence-electron chi connectivity index (χ3n) is 3.67. The van der Waals surface area contributed by atoms with Gasteiger partial charge in [0.05, 0.1) is 14.2 Å². The van der Waals surface area contributed by atoms with Crippen LogP contribution in [0.3, 0.4) is 0 Å². The van der Waals surface area contributed by atoms with Gasteiger partial charge in [-0.3, -0.25) is 0 Å². The van der Waals surface area contributed by atoms with E-state index in [2.05, 4.69) is 23.3 Å². The van der Waals surface area contributed by atoms with Gasteiger partial charge in [0.15, 0.2) is 0 Å². The Labute approximate surface area is 115 Å². The Bertz CT molecular complexity index is 403. The Hall–Kier alpha value is -1.26. The summed E-state index contributed by atoms with van der Waals surface area (Å²) in [4.78, 5) is 2.36. The van der Waals surface area contributed by atoms with Crippen LogP contribution in [0.4, 0.5) is 0 Å². The Morgan fingerprint density at radius 3 is 2.79 bits per heavy atom. The first-order valence-electron chi connectivity index (χ1n) is 6.83. The van der Waals surface area contributed by atoms with Gasteiger partial charge in [0, 0.05) is 24.7 Å². The molecule has 0 aromatic heterocycles. The molecular formula is C15H24N2O2. The molecule has 1 aliphatic heterocycles. The Kier molecular flexibility index (Phi) is 5.05. The van der Waals surface area contributed by atoms with Crippen molar-refractivity contribution in [3.63, 3.8) is 0 Å². The van der Waals surface area contributed by atoms with E-state index in [0.29, 0.717) is 0 Å². The maximum absolute atomic E-state index is 5.44. The molecule has 1 aliphatic rings. The minimum Gasteiger partial charge on any atom is -0.497 e. The molecule has 4 nitrogen and oxygen atoms in total. The summed E-state index contributed by atoms with van der Waals surface area (Å²) in [5.74, 6) is 2.51. The number of hydrogen-bond donors (Lipinski definition) is 1. The molecule has 0 radical (unpaired) electrons. The normalized spacial score (nSPS) is 18.8. The van der Waals surface area contributed by atoms with Gasteiger partial charge in [-0.05, 0) is 38.5 Å². The molecule has 1 heterocycles. The van der Waals surface area contributed by atoms with Gasteiger partial charge in [-0.25, -0.2) is 0 Å². The predicted molar refractivity (Wildman–Crippen MR) is 76.9 cm³/mol. The van der Waals surface area contributed by atoms with Crippen LogP contribution in [0.25, 0.3) is 0 Å². The van der Waals surface area contributed by atoms with E-state index in [0.717, 1.165) is 43.6 Å². The van der Waals surface area contributed by atoms with Crippen molar-refractivity contribution in [3.8, 4) is 11.5 Å². The second-order valence-electron chi connectivity index (χ2n) is 5.23. The molecule has 0 aliphatic carbocycles. The van der Waals surface area contributed by atoms with E-state index in [-0.39, 0.29) is 0 Å². The van der Waals surface area contributed by atoms with Crippen LogP contribution in [0.2, 0.25) is 0 Å². The van der Waals surface area contributed by atoms with E-state index in [1.165, 1.54) is 12.0 Å². The zero-order valence-corrected chi connectivity index (χ0v) is 12.1. The highest BCUT2D eigenvalue weighted by Gasteiger charge is 2.17. The van der Waals surface area contributed by atoms with Crippen molar-refractivity contribution in [3.05, 3.63) is 23.8 Å². The van der Waals surface area contributed by atoms with Crippen LogP contribution in [-0.2, 0) is 6.54 Å². The molecule has 1 atom stereocenters. The lowest BCUT2D eigenvalue weighted by Gasteiger charge is -2.21. The Balaban J connectivity index is 1.96. The van der Waals surface area contributed by atoms with Gasteiger partial charge in [0.2, 0.25) is 0 Å². The highest BCUT2D eigenvalue weighted by atomic mass is 16.5. The summed E-state index contributed by atoms with van der Waals surface area (Å²) in [7, 11) is 5.55. The number of hydrogen-bond acceptors (Lipinski definition) is 4. The third-order valence-corrected chi connectivity index (χ3v) is 3.67. The van der Waals surface area contributed by atoms with Gasteiger partial charge in [-0.15, -0.1) is 0 Å².